The van der Waals surface area contributed by atoms with E-state index in [1.165, 1.54) is 0 Å². The fourth-order valence-electron chi connectivity index (χ4n) is 8.39. The summed E-state index contributed by atoms with van der Waals surface area (Å²) < 4.78 is 27.9. The van der Waals surface area contributed by atoms with Gasteiger partial charge in [0.15, 0.2) is 11.5 Å². The summed E-state index contributed by atoms with van der Waals surface area (Å²) in [4.78, 5) is 64.6. The number of Topliss-reactive ketones (excluding diaryl/α,β-unsaturated/α-hetero) is 1. The quantitative estimate of drug-likeness (QED) is 0.356. The van der Waals surface area contributed by atoms with E-state index < -0.39 is 88.3 Å². The Bertz CT molecular complexity index is 1180. The first-order valence-corrected chi connectivity index (χ1v) is 13.3. The van der Waals surface area contributed by atoms with Crippen LogP contribution in [0, 0.1) is 28.6 Å². The summed E-state index contributed by atoms with van der Waals surface area (Å²) in [7, 11) is 1.09. The largest absolute Gasteiger partial charge is 0.467 e. The minimum absolute atomic E-state index is 0.0638. The van der Waals surface area contributed by atoms with Crippen LogP contribution in [0.3, 0.4) is 0 Å². The minimum atomic E-state index is -2.21. The van der Waals surface area contributed by atoms with E-state index in [9.17, 15) is 34.2 Å². The molecular formula is C27H34O12. The standard InChI is InChI=1S/C27H34O12/c1-6-15(29)38-18-11(3)12-8-14-26-10-36-27(24(34)35-5,21(26)19(23(33)37-14)39-16(30)7-2)22(32)17(31)20(26)25(12,4)9-13(18)28/h12,14,17,19-22,31-32H,6-10H2,1-5H3/t12-,14+,17+,19+,20+,21+,22-,25-,26+,27-/m0/s1. The third-order valence-electron chi connectivity index (χ3n) is 9.87. The van der Waals surface area contributed by atoms with Gasteiger partial charge in [-0.25, -0.2) is 9.59 Å². The molecule has 0 aromatic heterocycles. The highest BCUT2D eigenvalue weighted by Crippen LogP contribution is 2.72. The zero-order valence-corrected chi connectivity index (χ0v) is 22.6. The third-order valence-corrected chi connectivity index (χ3v) is 9.87. The molecule has 5 aliphatic rings. The molecule has 214 valence electrons. The molecule has 0 radical (unpaired) electrons. The first-order chi connectivity index (χ1) is 18.3. The van der Waals surface area contributed by atoms with Gasteiger partial charge in [0.2, 0.25) is 11.7 Å². The van der Waals surface area contributed by atoms with Crippen molar-refractivity contribution in [2.45, 2.75) is 83.4 Å². The second-order valence-electron chi connectivity index (χ2n) is 11.5. The van der Waals surface area contributed by atoms with Gasteiger partial charge in [0.25, 0.3) is 0 Å². The molecule has 5 rings (SSSR count). The lowest BCUT2D eigenvalue weighted by molar-refractivity contribution is -0.290. The molecule has 2 saturated heterocycles. The molecule has 2 aliphatic heterocycles. The number of aliphatic hydroxyl groups excluding tert-OH is 2. The van der Waals surface area contributed by atoms with Crippen molar-refractivity contribution in [1.82, 2.24) is 0 Å². The molecule has 2 bridgehead atoms. The van der Waals surface area contributed by atoms with E-state index in [1.54, 1.807) is 27.7 Å². The molecule has 0 aromatic carbocycles. The number of hydrogen-bond donors (Lipinski definition) is 2. The van der Waals surface area contributed by atoms with Crippen molar-refractivity contribution in [3.05, 3.63) is 11.3 Å². The van der Waals surface area contributed by atoms with Gasteiger partial charge in [-0.3, -0.25) is 14.4 Å². The Kier molecular flexibility index (Phi) is 6.47. The smallest absolute Gasteiger partial charge is 0.348 e. The van der Waals surface area contributed by atoms with Gasteiger partial charge in [-0.05, 0) is 30.3 Å². The topological polar surface area (TPSA) is 172 Å². The number of allylic oxidation sites excluding steroid dienone is 2. The number of ether oxygens (including phenoxy) is 5. The van der Waals surface area contributed by atoms with Crippen LogP contribution in [0.4, 0.5) is 0 Å². The molecule has 10 atom stereocenters. The zero-order valence-electron chi connectivity index (χ0n) is 22.6. The number of carbonyl (C=O) groups is 5. The molecule has 1 spiro atoms. The highest BCUT2D eigenvalue weighted by atomic mass is 16.6. The molecule has 3 aliphatic carbocycles. The van der Waals surface area contributed by atoms with E-state index >= 15 is 0 Å². The molecule has 0 unspecified atom stereocenters. The fraction of sp³-hybridized carbons (Fsp3) is 0.741. The average Bonchev–Trinajstić information content (AvgIpc) is 3.21. The summed E-state index contributed by atoms with van der Waals surface area (Å²) in [6, 6.07) is 0. The summed E-state index contributed by atoms with van der Waals surface area (Å²) >= 11 is 0. The van der Waals surface area contributed by atoms with E-state index in [0.717, 1.165) is 7.11 Å². The Hall–Kier alpha value is -2.83. The normalized spacial score (nSPS) is 44.1. The Balaban J connectivity index is 1.72. The summed E-state index contributed by atoms with van der Waals surface area (Å²) in [5.41, 5.74) is -4.07. The average molecular weight is 551 g/mol. The van der Waals surface area contributed by atoms with E-state index in [1.807, 2.05) is 0 Å². The molecule has 4 fully saturated rings. The number of methoxy groups -OCH3 is 1. The van der Waals surface area contributed by atoms with E-state index in [4.69, 9.17) is 23.7 Å². The molecule has 0 amide bonds. The van der Waals surface area contributed by atoms with Crippen LogP contribution in [0.5, 0.6) is 0 Å². The first-order valence-electron chi connectivity index (χ1n) is 13.3. The molecule has 0 aromatic rings. The van der Waals surface area contributed by atoms with Crippen molar-refractivity contribution in [3.63, 3.8) is 0 Å². The molecule has 12 heteroatoms. The fourth-order valence-corrected chi connectivity index (χ4v) is 8.39. The van der Waals surface area contributed by atoms with Crippen LogP contribution in [0.2, 0.25) is 0 Å². The van der Waals surface area contributed by atoms with Gasteiger partial charge in [-0.15, -0.1) is 0 Å². The van der Waals surface area contributed by atoms with Crippen molar-refractivity contribution in [2.24, 2.45) is 28.6 Å². The number of hydrogen-bond acceptors (Lipinski definition) is 12. The van der Waals surface area contributed by atoms with Crippen LogP contribution in [-0.2, 0) is 47.7 Å². The third kappa shape index (κ3) is 3.37. The monoisotopic (exact) mass is 550 g/mol. The predicted octanol–water partition coefficient (Wildman–Crippen LogP) is 0.356. The van der Waals surface area contributed by atoms with Gasteiger partial charge in [-0.1, -0.05) is 20.8 Å². The Morgan fingerprint density at radius 2 is 1.74 bits per heavy atom. The SMILES string of the molecule is CCC(=O)OC1=C(C)[C@@H]2C[C@H]3OC(=O)[C@H](OC(=O)CC)[C@H]4[C@]5(C(=O)OC)OC[C@]34[C@H]([C@@H](O)[C@@H]5O)[C@@]2(C)CC1=O. The lowest BCUT2D eigenvalue weighted by Gasteiger charge is -2.67. The van der Waals surface area contributed by atoms with Crippen LogP contribution < -0.4 is 0 Å². The van der Waals surface area contributed by atoms with Gasteiger partial charge in [0.05, 0.1) is 25.7 Å². The number of fused-ring (bicyclic) bond motifs is 2. The maximum Gasteiger partial charge on any atom is 0.348 e. The summed E-state index contributed by atoms with van der Waals surface area (Å²) in [5.74, 6) is -6.40. The number of esters is 4. The second-order valence-corrected chi connectivity index (χ2v) is 11.5. The van der Waals surface area contributed by atoms with Gasteiger partial charge in [-0.2, -0.15) is 0 Å². The van der Waals surface area contributed by atoms with Crippen LogP contribution in [0.25, 0.3) is 0 Å². The van der Waals surface area contributed by atoms with Crippen LogP contribution >= 0.6 is 0 Å². The summed E-state index contributed by atoms with van der Waals surface area (Å²) in [6.45, 7) is 6.39. The second kappa shape index (κ2) is 9.10. The maximum atomic E-state index is 13.4. The van der Waals surface area contributed by atoms with Crippen LogP contribution in [-0.4, -0.2) is 83.6 Å². The van der Waals surface area contributed by atoms with Crippen molar-refractivity contribution < 1.29 is 57.9 Å². The number of carbonyl (C=O) groups excluding carboxylic acids is 5. The number of ketones is 1. The number of aliphatic hydroxyl groups is 2. The van der Waals surface area contributed by atoms with Gasteiger partial charge >= 0.3 is 23.9 Å². The Labute approximate surface area is 224 Å². The van der Waals surface area contributed by atoms with Crippen molar-refractivity contribution in [2.75, 3.05) is 13.7 Å². The Morgan fingerprint density at radius 1 is 1.08 bits per heavy atom. The van der Waals surface area contributed by atoms with Gasteiger partial charge in [0.1, 0.15) is 12.2 Å². The summed E-state index contributed by atoms with van der Waals surface area (Å²) in [5, 5.41) is 23.3. The molecular weight excluding hydrogens is 516 g/mol. The van der Waals surface area contributed by atoms with Gasteiger partial charge < -0.3 is 33.9 Å². The minimum Gasteiger partial charge on any atom is -0.467 e. The molecule has 12 nitrogen and oxygen atoms in total. The Morgan fingerprint density at radius 3 is 2.36 bits per heavy atom. The van der Waals surface area contributed by atoms with E-state index in [-0.39, 0.29) is 38.0 Å². The van der Waals surface area contributed by atoms with Crippen molar-refractivity contribution >= 4 is 29.7 Å². The highest BCUT2D eigenvalue weighted by molar-refractivity contribution is 5.98. The van der Waals surface area contributed by atoms with Crippen LogP contribution in [0.1, 0.15) is 53.4 Å². The molecule has 2 heterocycles. The lowest BCUT2D eigenvalue weighted by atomic mass is 9.38. The maximum absolute atomic E-state index is 13.4. The zero-order chi connectivity index (χ0) is 28.7. The van der Waals surface area contributed by atoms with E-state index in [2.05, 4.69) is 0 Å². The van der Waals surface area contributed by atoms with Crippen LogP contribution in [0.15, 0.2) is 11.3 Å². The molecule has 2 N–H and O–H groups in total. The first kappa shape index (κ1) is 27.7. The van der Waals surface area contributed by atoms with Crippen molar-refractivity contribution in [1.29, 1.82) is 0 Å². The molecule has 39 heavy (non-hydrogen) atoms. The highest BCUT2D eigenvalue weighted by Gasteiger charge is 2.85. The summed E-state index contributed by atoms with van der Waals surface area (Å²) in [6.07, 6.45) is -6.00. The lowest BCUT2D eigenvalue weighted by Crippen LogP contribution is -2.79. The van der Waals surface area contributed by atoms with Crippen molar-refractivity contribution in [3.8, 4) is 0 Å². The molecule has 2 saturated carbocycles. The van der Waals surface area contributed by atoms with Gasteiger partial charge in [0, 0.05) is 30.6 Å². The number of rotatable bonds is 5. The predicted molar refractivity (Wildman–Crippen MR) is 127 cm³/mol. The van der Waals surface area contributed by atoms with E-state index in [0.29, 0.717) is 5.57 Å².